The van der Waals surface area contributed by atoms with E-state index in [0.29, 0.717) is 16.6 Å². The van der Waals surface area contributed by atoms with Gasteiger partial charge in [-0.2, -0.15) is 0 Å². The molecule has 3 nitrogen and oxygen atoms in total. The summed E-state index contributed by atoms with van der Waals surface area (Å²) in [5.41, 5.74) is 6.66. The van der Waals surface area contributed by atoms with E-state index in [9.17, 15) is 10.2 Å². The zero-order valence-electron chi connectivity index (χ0n) is 20.5. The van der Waals surface area contributed by atoms with E-state index >= 15 is 0 Å². The normalized spacial score (nSPS) is 20.1. The molecule has 0 aromatic heterocycles. The highest BCUT2D eigenvalue weighted by Crippen LogP contribution is 2.40. The first-order valence-electron chi connectivity index (χ1n) is 11.8. The Kier molecular flexibility index (Phi) is 9.25. The Morgan fingerprint density at radius 2 is 1.77 bits per heavy atom. The molecule has 0 saturated carbocycles. The molecule has 1 aromatic carbocycles. The summed E-state index contributed by atoms with van der Waals surface area (Å²) in [6, 6.07) is 6.21. The van der Waals surface area contributed by atoms with Crippen LogP contribution in [0.1, 0.15) is 72.4 Å². The van der Waals surface area contributed by atoms with E-state index in [1.165, 1.54) is 0 Å². The summed E-state index contributed by atoms with van der Waals surface area (Å²) in [6.07, 6.45) is 1.97. The number of benzene rings is 1. The predicted molar refractivity (Wildman–Crippen MR) is 135 cm³/mol. The lowest BCUT2D eigenvalue weighted by Crippen LogP contribution is -2.47. The number of piperidine rings is 1. The van der Waals surface area contributed by atoms with Crippen LogP contribution < -0.4 is 0 Å². The zero-order valence-corrected chi connectivity index (χ0v) is 22.3. The maximum absolute atomic E-state index is 10.4. The zero-order chi connectivity index (χ0) is 23.4. The topological polar surface area (TPSA) is 43.7 Å². The molecule has 1 saturated heterocycles. The van der Waals surface area contributed by atoms with Crippen molar-refractivity contribution in [3.63, 3.8) is 0 Å². The van der Waals surface area contributed by atoms with Gasteiger partial charge < -0.3 is 10.2 Å². The summed E-state index contributed by atoms with van der Waals surface area (Å²) in [4.78, 5) is 2.33. The largest absolute Gasteiger partial charge is 0.393 e. The molecule has 2 N–H and O–H groups in total. The summed E-state index contributed by atoms with van der Waals surface area (Å²) in [5, 5.41) is 20.7. The van der Waals surface area contributed by atoms with E-state index < -0.39 is 13.7 Å². The van der Waals surface area contributed by atoms with Gasteiger partial charge in [0.25, 0.3) is 0 Å². The molecule has 0 radical (unpaired) electrons. The minimum atomic E-state index is -1.76. The third kappa shape index (κ3) is 6.15. The third-order valence-electron chi connectivity index (χ3n) is 7.44. The Morgan fingerprint density at radius 1 is 1.16 bits per heavy atom. The van der Waals surface area contributed by atoms with Gasteiger partial charge in [-0.05, 0) is 60.6 Å². The molecule has 1 aromatic rings. The number of nitrogens with zero attached hydrogens (tertiary/aromatic N) is 1. The molecule has 0 spiro atoms. The molecule has 1 aliphatic rings. The standard InChI is InChI=1S/C26H42ClNO2Si/c1-19(2)31(20(3)4,21(5)6)14-12-22-10-11-23(25(27)15-22)16-28-13-8-9-24(17-28)26(7,30)18-29/h10-11,15,19-21,24,29-30H,8-9,13,16-18H2,1-7H3/t24-,26+/m0/s1. The number of aliphatic hydroxyl groups excluding tert-OH is 1. The van der Waals surface area contributed by atoms with Gasteiger partial charge in [-0.25, -0.2) is 0 Å². The van der Waals surface area contributed by atoms with Crippen LogP contribution in [0.2, 0.25) is 21.6 Å². The third-order valence-corrected chi connectivity index (χ3v) is 14.1. The van der Waals surface area contributed by atoms with E-state index in [1.807, 2.05) is 6.07 Å². The van der Waals surface area contributed by atoms with Crippen LogP contribution in [0.4, 0.5) is 0 Å². The molecule has 2 rings (SSSR count). The SMILES string of the molecule is CC(C)[Si](C#Cc1ccc(CN2CCC[C@H]([C@](C)(O)CO)C2)c(Cl)c1)(C(C)C)C(C)C. The second kappa shape index (κ2) is 10.9. The van der Waals surface area contributed by atoms with Crippen molar-refractivity contribution in [2.75, 3.05) is 19.7 Å². The van der Waals surface area contributed by atoms with Crippen molar-refractivity contribution in [1.29, 1.82) is 0 Å². The quantitative estimate of drug-likeness (QED) is 0.392. The Balaban J connectivity index is 2.19. The highest BCUT2D eigenvalue weighted by Gasteiger charge is 2.41. The van der Waals surface area contributed by atoms with Crippen LogP contribution in [0.15, 0.2) is 18.2 Å². The molecule has 1 heterocycles. The minimum absolute atomic E-state index is 0.0800. The van der Waals surface area contributed by atoms with Gasteiger partial charge in [0, 0.05) is 29.6 Å². The van der Waals surface area contributed by atoms with Gasteiger partial charge >= 0.3 is 0 Å². The number of hydrogen-bond acceptors (Lipinski definition) is 3. The number of hydrogen-bond donors (Lipinski definition) is 2. The van der Waals surface area contributed by atoms with E-state index in [2.05, 4.69) is 70.0 Å². The van der Waals surface area contributed by atoms with Crippen LogP contribution in [0.5, 0.6) is 0 Å². The summed E-state index contributed by atoms with van der Waals surface area (Å²) >= 11 is 6.67. The summed E-state index contributed by atoms with van der Waals surface area (Å²) in [6.45, 7) is 18.0. The van der Waals surface area contributed by atoms with Crippen LogP contribution in [0, 0.1) is 17.4 Å². The molecule has 2 atom stereocenters. The fourth-order valence-electron chi connectivity index (χ4n) is 5.44. The molecule has 174 valence electrons. The number of aliphatic hydroxyl groups is 2. The lowest BCUT2D eigenvalue weighted by atomic mass is 9.83. The van der Waals surface area contributed by atoms with E-state index in [0.717, 1.165) is 48.6 Å². The second-order valence-corrected chi connectivity index (χ2v) is 16.5. The van der Waals surface area contributed by atoms with Crippen molar-refractivity contribution in [3.8, 4) is 11.5 Å². The first-order valence-corrected chi connectivity index (χ1v) is 14.4. The molecule has 0 bridgehead atoms. The Hall–Kier alpha value is -0.833. The van der Waals surface area contributed by atoms with Gasteiger partial charge in [0.1, 0.15) is 8.07 Å². The van der Waals surface area contributed by atoms with Crippen molar-refractivity contribution in [2.24, 2.45) is 5.92 Å². The maximum Gasteiger partial charge on any atom is 0.146 e. The van der Waals surface area contributed by atoms with Crippen molar-refractivity contribution < 1.29 is 10.2 Å². The average molecular weight is 464 g/mol. The molecule has 0 aliphatic carbocycles. The number of halogens is 1. The first-order chi connectivity index (χ1) is 14.4. The molecule has 31 heavy (non-hydrogen) atoms. The lowest BCUT2D eigenvalue weighted by molar-refractivity contribution is -0.0697. The van der Waals surface area contributed by atoms with Crippen molar-refractivity contribution in [2.45, 2.75) is 90.1 Å². The van der Waals surface area contributed by atoms with Crippen molar-refractivity contribution in [1.82, 2.24) is 4.90 Å². The van der Waals surface area contributed by atoms with Gasteiger partial charge in [0.2, 0.25) is 0 Å². The van der Waals surface area contributed by atoms with Crippen molar-refractivity contribution >= 4 is 19.7 Å². The van der Waals surface area contributed by atoms with Crippen molar-refractivity contribution in [3.05, 3.63) is 34.3 Å². The highest BCUT2D eigenvalue weighted by atomic mass is 35.5. The molecule has 5 heteroatoms. The smallest absolute Gasteiger partial charge is 0.146 e. The molecule has 1 aliphatic heterocycles. The Labute approximate surface area is 196 Å². The van der Waals surface area contributed by atoms with Crippen LogP contribution in [-0.4, -0.2) is 48.5 Å². The maximum atomic E-state index is 10.4. The Morgan fingerprint density at radius 3 is 2.29 bits per heavy atom. The predicted octanol–water partition coefficient (Wildman–Crippen LogP) is 5.86. The number of likely N-dealkylation sites (tertiary alicyclic amines) is 1. The van der Waals surface area contributed by atoms with Gasteiger partial charge in [-0.15, -0.1) is 5.54 Å². The van der Waals surface area contributed by atoms with Crippen LogP contribution in [0.3, 0.4) is 0 Å². The molecule has 0 amide bonds. The summed E-state index contributed by atoms with van der Waals surface area (Å²) < 4.78 is 0. The fraction of sp³-hybridized carbons (Fsp3) is 0.692. The van der Waals surface area contributed by atoms with Gasteiger partial charge in [0.05, 0.1) is 12.2 Å². The second-order valence-electron chi connectivity index (χ2n) is 10.5. The monoisotopic (exact) mass is 463 g/mol. The molecular weight excluding hydrogens is 422 g/mol. The van der Waals surface area contributed by atoms with Crippen LogP contribution in [0.25, 0.3) is 0 Å². The van der Waals surface area contributed by atoms with Gasteiger partial charge in [-0.1, -0.05) is 65.1 Å². The molecule has 0 unspecified atom stereocenters. The van der Waals surface area contributed by atoms with E-state index in [-0.39, 0.29) is 12.5 Å². The first kappa shape index (κ1) is 26.4. The molecular formula is C26H42ClNO2Si. The minimum Gasteiger partial charge on any atom is -0.393 e. The Bertz CT molecular complexity index is 773. The average Bonchev–Trinajstić information content (AvgIpc) is 2.69. The lowest BCUT2D eigenvalue weighted by Gasteiger charge is -2.39. The molecule has 1 fully saturated rings. The van der Waals surface area contributed by atoms with Gasteiger partial charge in [0.15, 0.2) is 0 Å². The van der Waals surface area contributed by atoms with Gasteiger partial charge in [-0.3, -0.25) is 4.90 Å². The fourth-order valence-corrected chi connectivity index (χ4v) is 10.9. The summed E-state index contributed by atoms with van der Waals surface area (Å²) in [5.74, 6) is 3.57. The van der Waals surface area contributed by atoms with Crippen LogP contribution >= 0.6 is 11.6 Å². The summed E-state index contributed by atoms with van der Waals surface area (Å²) in [7, 11) is -1.76. The van der Waals surface area contributed by atoms with Crippen LogP contribution in [-0.2, 0) is 6.54 Å². The van der Waals surface area contributed by atoms with E-state index in [1.54, 1.807) is 6.92 Å². The number of rotatable bonds is 7. The van der Waals surface area contributed by atoms with E-state index in [4.69, 9.17) is 11.6 Å². The highest BCUT2D eigenvalue weighted by molar-refractivity contribution is 6.90.